The number of nitrogens with zero attached hydrogens (tertiary/aromatic N) is 2. The Bertz CT molecular complexity index is 558. The fourth-order valence-electron chi connectivity index (χ4n) is 2.94. The zero-order chi connectivity index (χ0) is 16.2. The summed E-state index contributed by atoms with van der Waals surface area (Å²) in [6.07, 6.45) is 1.69. The Balaban J connectivity index is 0.00000264. The van der Waals surface area contributed by atoms with E-state index in [4.69, 9.17) is 5.73 Å². The molecule has 0 aliphatic carbocycles. The first kappa shape index (κ1) is 20.4. The first-order chi connectivity index (χ1) is 10.4. The van der Waals surface area contributed by atoms with Gasteiger partial charge in [-0.05, 0) is 31.2 Å². The van der Waals surface area contributed by atoms with Gasteiger partial charge in [0.25, 0.3) is 10.2 Å². The van der Waals surface area contributed by atoms with Crippen molar-refractivity contribution in [3.05, 3.63) is 35.9 Å². The Labute approximate surface area is 146 Å². The van der Waals surface area contributed by atoms with Gasteiger partial charge >= 0.3 is 0 Å². The van der Waals surface area contributed by atoms with Crippen LogP contribution in [0.25, 0.3) is 0 Å². The predicted molar refractivity (Wildman–Crippen MR) is 96.6 cm³/mol. The van der Waals surface area contributed by atoms with E-state index in [-0.39, 0.29) is 18.4 Å². The van der Waals surface area contributed by atoms with Crippen LogP contribution in [0, 0.1) is 5.92 Å². The van der Waals surface area contributed by atoms with Crippen LogP contribution in [-0.2, 0) is 16.8 Å². The molecule has 23 heavy (non-hydrogen) atoms. The molecule has 1 aromatic rings. The molecule has 0 radical (unpaired) electrons. The van der Waals surface area contributed by atoms with E-state index >= 15 is 0 Å². The molecular weight excluding hydrogens is 334 g/mol. The molecule has 1 unspecified atom stereocenters. The number of benzene rings is 1. The van der Waals surface area contributed by atoms with Crippen LogP contribution in [0.15, 0.2) is 30.3 Å². The standard InChI is InChI=1S/C16H27N3O2S.ClH/c1-3-18(13-15-7-5-4-6-8-15)22(20,21)19-11-9-16(10-12-19)14(2)17;/h4-8,14,16H,3,9-13,17H2,1-2H3;1H. The maximum absolute atomic E-state index is 12.8. The van der Waals surface area contributed by atoms with Crippen molar-refractivity contribution in [2.24, 2.45) is 11.7 Å². The van der Waals surface area contributed by atoms with Crippen molar-refractivity contribution in [3.8, 4) is 0 Å². The zero-order valence-corrected chi connectivity index (χ0v) is 15.5. The second-order valence-electron chi connectivity index (χ2n) is 6.02. The molecule has 0 spiro atoms. The van der Waals surface area contributed by atoms with Crippen LogP contribution in [0.1, 0.15) is 32.3 Å². The molecule has 2 N–H and O–H groups in total. The van der Waals surface area contributed by atoms with Crippen molar-refractivity contribution in [3.63, 3.8) is 0 Å². The van der Waals surface area contributed by atoms with Crippen LogP contribution in [0.3, 0.4) is 0 Å². The lowest BCUT2D eigenvalue weighted by Crippen LogP contribution is -2.48. The quantitative estimate of drug-likeness (QED) is 0.844. The minimum atomic E-state index is -3.40. The van der Waals surface area contributed by atoms with Crippen molar-refractivity contribution in [1.29, 1.82) is 0 Å². The molecule has 1 heterocycles. The van der Waals surface area contributed by atoms with Crippen LogP contribution in [0.2, 0.25) is 0 Å². The molecule has 7 heteroatoms. The molecule has 1 atom stereocenters. The maximum atomic E-state index is 12.8. The van der Waals surface area contributed by atoms with E-state index in [1.165, 1.54) is 0 Å². The summed E-state index contributed by atoms with van der Waals surface area (Å²) in [4.78, 5) is 0. The lowest BCUT2D eigenvalue weighted by molar-refractivity contribution is 0.235. The Morgan fingerprint density at radius 1 is 1.26 bits per heavy atom. The highest BCUT2D eigenvalue weighted by atomic mass is 35.5. The van der Waals surface area contributed by atoms with Gasteiger partial charge in [0.05, 0.1) is 0 Å². The van der Waals surface area contributed by atoms with Gasteiger partial charge in [-0.3, -0.25) is 0 Å². The topological polar surface area (TPSA) is 66.6 Å². The van der Waals surface area contributed by atoms with E-state index < -0.39 is 10.2 Å². The zero-order valence-electron chi connectivity index (χ0n) is 13.9. The smallest absolute Gasteiger partial charge is 0.282 e. The van der Waals surface area contributed by atoms with E-state index in [9.17, 15) is 8.42 Å². The van der Waals surface area contributed by atoms with Crippen molar-refractivity contribution >= 4 is 22.6 Å². The molecule has 0 saturated carbocycles. The number of hydrogen-bond donors (Lipinski definition) is 1. The Morgan fingerprint density at radius 3 is 2.30 bits per heavy atom. The van der Waals surface area contributed by atoms with Crippen LogP contribution in [0.4, 0.5) is 0 Å². The number of nitrogens with two attached hydrogens (primary N) is 1. The highest BCUT2D eigenvalue weighted by Crippen LogP contribution is 2.23. The highest BCUT2D eigenvalue weighted by molar-refractivity contribution is 7.86. The van der Waals surface area contributed by atoms with Gasteiger partial charge in [-0.2, -0.15) is 17.0 Å². The molecule has 0 aromatic heterocycles. The first-order valence-corrected chi connectivity index (χ1v) is 9.39. The first-order valence-electron chi connectivity index (χ1n) is 8.00. The van der Waals surface area contributed by atoms with Crippen LogP contribution >= 0.6 is 12.4 Å². The minimum absolute atomic E-state index is 0. The molecule has 1 aliphatic rings. The number of hydrogen-bond acceptors (Lipinski definition) is 3. The molecule has 2 rings (SSSR count). The summed E-state index contributed by atoms with van der Waals surface area (Å²) < 4.78 is 28.8. The molecule has 5 nitrogen and oxygen atoms in total. The van der Waals surface area contributed by atoms with E-state index in [2.05, 4.69) is 0 Å². The molecule has 1 fully saturated rings. The van der Waals surface area contributed by atoms with Crippen LogP contribution in [0.5, 0.6) is 0 Å². The third-order valence-corrected chi connectivity index (χ3v) is 6.51. The van der Waals surface area contributed by atoms with Gasteiger partial charge in [0.2, 0.25) is 0 Å². The van der Waals surface area contributed by atoms with Crippen molar-refractivity contribution in [2.75, 3.05) is 19.6 Å². The summed E-state index contributed by atoms with van der Waals surface area (Å²) in [7, 11) is -3.40. The number of piperidine rings is 1. The average molecular weight is 362 g/mol. The number of rotatable bonds is 6. The number of halogens is 1. The Hall–Kier alpha value is -0.660. The average Bonchev–Trinajstić information content (AvgIpc) is 2.53. The summed E-state index contributed by atoms with van der Waals surface area (Å²) in [6, 6.07) is 9.86. The molecular formula is C16H28ClN3O2S. The van der Waals surface area contributed by atoms with Gasteiger partial charge in [0.1, 0.15) is 0 Å². The summed E-state index contributed by atoms with van der Waals surface area (Å²) in [5.74, 6) is 0.427. The fraction of sp³-hybridized carbons (Fsp3) is 0.625. The van der Waals surface area contributed by atoms with Gasteiger partial charge in [0.15, 0.2) is 0 Å². The van der Waals surface area contributed by atoms with Crippen molar-refractivity contribution in [2.45, 2.75) is 39.3 Å². The van der Waals surface area contributed by atoms with E-state index in [0.29, 0.717) is 32.1 Å². The molecule has 0 amide bonds. The minimum Gasteiger partial charge on any atom is -0.328 e. The molecule has 1 aromatic carbocycles. The lowest BCUT2D eigenvalue weighted by Gasteiger charge is -2.35. The summed E-state index contributed by atoms with van der Waals surface area (Å²) in [6.45, 7) is 5.93. The Kier molecular flexibility index (Phi) is 7.97. The monoisotopic (exact) mass is 361 g/mol. The third kappa shape index (κ3) is 5.16. The summed E-state index contributed by atoms with van der Waals surface area (Å²) >= 11 is 0. The van der Waals surface area contributed by atoms with Gasteiger partial charge < -0.3 is 5.73 Å². The van der Waals surface area contributed by atoms with E-state index in [1.807, 2.05) is 44.2 Å². The third-order valence-electron chi connectivity index (χ3n) is 4.45. The summed E-state index contributed by atoms with van der Waals surface area (Å²) in [5, 5.41) is 0. The second-order valence-corrected chi connectivity index (χ2v) is 7.94. The molecule has 132 valence electrons. The van der Waals surface area contributed by atoms with Crippen molar-refractivity contribution in [1.82, 2.24) is 8.61 Å². The Morgan fingerprint density at radius 2 is 1.83 bits per heavy atom. The summed E-state index contributed by atoms with van der Waals surface area (Å²) in [5.41, 5.74) is 6.94. The van der Waals surface area contributed by atoms with Crippen molar-refractivity contribution < 1.29 is 8.42 Å². The van der Waals surface area contributed by atoms with Crippen LogP contribution < -0.4 is 5.73 Å². The van der Waals surface area contributed by atoms with Gasteiger partial charge in [-0.25, -0.2) is 0 Å². The van der Waals surface area contributed by atoms with Gasteiger partial charge in [-0.15, -0.1) is 12.4 Å². The normalized spacial score (nSPS) is 18.6. The van der Waals surface area contributed by atoms with Gasteiger partial charge in [0, 0.05) is 32.2 Å². The fourth-order valence-corrected chi connectivity index (χ4v) is 4.58. The SMILES string of the molecule is CCN(Cc1ccccc1)S(=O)(=O)N1CCC(C(C)N)CC1.Cl. The molecule has 1 aliphatic heterocycles. The van der Waals surface area contributed by atoms with E-state index in [1.54, 1.807) is 8.61 Å². The lowest BCUT2D eigenvalue weighted by atomic mass is 9.92. The van der Waals surface area contributed by atoms with E-state index in [0.717, 1.165) is 18.4 Å². The maximum Gasteiger partial charge on any atom is 0.282 e. The van der Waals surface area contributed by atoms with Crippen LogP contribution in [-0.4, -0.2) is 42.7 Å². The largest absolute Gasteiger partial charge is 0.328 e. The molecule has 0 bridgehead atoms. The molecule has 1 saturated heterocycles. The highest BCUT2D eigenvalue weighted by Gasteiger charge is 2.33. The second kappa shape index (κ2) is 8.99. The predicted octanol–water partition coefficient (Wildman–Crippen LogP) is 2.23. The van der Waals surface area contributed by atoms with Gasteiger partial charge in [-0.1, -0.05) is 37.3 Å².